The number of hydrogen-bond acceptors (Lipinski definition) is 11. The van der Waals surface area contributed by atoms with Gasteiger partial charge < -0.3 is 19.1 Å². The number of aromatic nitrogens is 2. The highest BCUT2D eigenvalue weighted by Crippen LogP contribution is 2.45. The van der Waals surface area contributed by atoms with Crippen molar-refractivity contribution in [2.45, 2.75) is 187 Å². The van der Waals surface area contributed by atoms with Gasteiger partial charge in [0.15, 0.2) is 0 Å². The van der Waals surface area contributed by atoms with Gasteiger partial charge in [-0.05, 0) is 130 Å². The smallest absolute Gasteiger partial charge is 0.306 e. The molecule has 1 aliphatic heterocycles. The first-order valence-electron chi connectivity index (χ1n) is 28.6. The summed E-state index contributed by atoms with van der Waals surface area (Å²) in [6.07, 6.45) is 26.6. The molecule has 6 rings (SSSR count). The standard InChI is InChI=1S/C62H90N4O8S/c1-7-72-60(67)45-56(51-29-30-51)52-35-39-63-59(43-52)73-46-50-36-40-65(41-37-50)57-44-53(71-6)31-34-55(57)61(68)66(58-26-24-25-49(3)64-58)47-62(4,5)38-22-20-18-16-14-12-10-8-9-11-13-15-17-19-21-23-42-74-75(69,70)54-32-27-48(2)28-33-54/h24-28,31-35,39,43-44,50-51,56H,7-23,29-30,36-38,40-42,45-47H2,1-6H3/t56-/m0/s1. The summed E-state index contributed by atoms with van der Waals surface area (Å²) in [6, 6.07) is 22.6. The Balaban J connectivity index is 0.882. The van der Waals surface area contributed by atoms with Crippen molar-refractivity contribution in [2.75, 3.05) is 56.4 Å². The number of carbonyl (C=O) groups is 2. The quantitative estimate of drug-likeness (QED) is 0.0247. The Morgan fingerprint density at radius 1 is 0.773 bits per heavy atom. The molecule has 3 heterocycles. The molecule has 0 radical (unpaired) electrons. The summed E-state index contributed by atoms with van der Waals surface area (Å²) in [7, 11) is -1.99. The van der Waals surface area contributed by atoms with Crippen molar-refractivity contribution in [3.8, 4) is 11.6 Å². The predicted octanol–water partition coefficient (Wildman–Crippen LogP) is 14.6. The van der Waals surface area contributed by atoms with E-state index in [0.29, 0.717) is 55.3 Å². The summed E-state index contributed by atoms with van der Waals surface area (Å²) in [6.45, 7) is 13.6. The molecule has 13 heteroatoms. The minimum Gasteiger partial charge on any atom is -0.497 e. The second-order valence-corrected chi connectivity index (χ2v) is 23.8. The van der Waals surface area contributed by atoms with E-state index in [1.54, 1.807) is 37.6 Å². The van der Waals surface area contributed by atoms with E-state index in [9.17, 15) is 18.0 Å². The highest BCUT2D eigenvalue weighted by atomic mass is 32.2. The van der Waals surface area contributed by atoms with Gasteiger partial charge in [0, 0.05) is 43.7 Å². The Kier molecular flexibility index (Phi) is 24.2. The number of methoxy groups -OCH3 is 1. The number of hydrogen-bond donors (Lipinski definition) is 0. The van der Waals surface area contributed by atoms with Crippen LogP contribution in [0, 0.1) is 31.1 Å². The molecule has 0 unspecified atom stereocenters. The van der Waals surface area contributed by atoms with Crippen molar-refractivity contribution in [3.63, 3.8) is 0 Å². The second kappa shape index (κ2) is 30.7. The van der Waals surface area contributed by atoms with E-state index >= 15 is 0 Å². The van der Waals surface area contributed by atoms with Crippen molar-refractivity contribution in [3.05, 3.63) is 101 Å². The maximum Gasteiger partial charge on any atom is 0.306 e. The lowest BCUT2D eigenvalue weighted by Gasteiger charge is -2.36. The number of benzene rings is 2. The zero-order valence-corrected chi connectivity index (χ0v) is 47.3. The van der Waals surface area contributed by atoms with Crippen molar-refractivity contribution >= 4 is 33.5 Å². The summed E-state index contributed by atoms with van der Waals surface area (Å²) in [4.78, 5) is 41.3. The van der Waals surface area contributed by atoms with Crippen molar-refractivity contribution in [1.29, 1.82) is 0 Å². The molecule has 12 nitrogen and oxygen atoms in total. The lowest BCUT2D eigenvalue weighted by atomic mass is 9.85. The molecule has 412 valence electrons. The first kappa shape index (κ1) is 59.2. The fourth-order valence-corrected chi connectivity index (χ4v) is 11.5. The van der Waals surface area contributed by atoms with Crippen LogP contribution in [-0.4, -0.2) is 76.8 Å². The molecule has 1 saturated carbocycles. The summed E-state index contributed by atoms with van der Waals surface area (Å²) >= 11 is 0. The summed E-state index contributed by atoms with van der Waals surface area (Å²) in [5.41, 5.74) is 4.41. The largest absolute Gasteiger partial charge is 0.497 e. The van der Waals surface area contributed by atoms with E-state index in [-0.39, 0.29) is 34.7 Å². The second-order valence-electron chi connectivity index (χ2n) is 22.2. The van der Waals surface area contributed by atoms with E-state index < -0.39 is 10.1 Å². The van der Waals surface area contributed by atoms with E-state index in [2.05, 4.69) is 23.7 Å². The van der Waals surface area contributed by atoms with Gasteiger partial charge in [-0.25, -0.2) is 9.97 Å². The molecule has 0 N–H and O–H groups in total. The topological polar surface area (TPSA) is 137 Å². The SMILES string of the molecule is CCOC(=O)C[C@H](c1ccnc(OCC2CCN(c3cc(OC)ccc3C(=O)N(CC(C)(C)CCCCCCCCCCCCCCCCCCOS(=O)(=O)c3ccc(C)cc3)c3cccc(C)n3)CC2)c1)C1CC1. The van der Waals surface area contributed by atoms with Crippen molar-refractivity contribution in [2.24, 2.45) is 17.3 Å². The van der Waals surface area contributed by atoms with Gasteiger partial charge in [0.25, 0.3) is 16.0 Å². The molecule has 1 saturated heterocycles. The first-order valence-corrected chi connectivity index (χ1v) is 30.0. The van der Waals surface area contributed by atoms with Gasteiger partial charge >= 0.3 is 5.97 Å². The molecule has 0 bridgehead atoms. The molecule has 2 aromatic carbocycles. The van der Waals surface area contributed by atoms with Gasteiger partial charge in [-0.3, -0.25) is 18.7 Å². The van der Waals surface area contributed by atoms with Crippen LogP contribution in [0.4, 0.5) is 11.5 Å². The lowest BCUT2D eigenvalue weighted by Crippen LogP contribution is -2.41. The lowest BCUT2D eigenvalue weighted by molar-refractivity contribution is -0.143. The molecule has 2 aliphatic rings. The van der Waals surface area contributed by atoms with Crippen LogP contribution in [-0.2, 0) is 23.8 Å². The number of nitrogens with zero attached hydrogens (tertiary/aromatic N) is 4. The Hall–Kier alpha value is -5.01. The predicted molar refractivity (Wildman–Crippen MR) is 302 cm³/mol. The van der Waals surface area contributed by atoms with Gasteiger partial charge in [-0.15, -0.1) is 0 Å². The van der Waals surface area contributed by atoms with Gasteiger partial charge in [0.2, 0.25) is 5.88 Å². The number of amides is 1. The Morgan fingerprint density at radius 2 is 1.40 bits per heavy atom. The minimum atomic E-state index is -3.66. The average Bonchev–Trinajstić information content (AvgIpc) is 4.26. The summed E-state index contributed by atoms with van der Waals surface area (Å²) in [5.74, 6) is 2.76. The zero-order chi connectivity index (χ0) is 53.5. The van der Waals surface area contributed by atoms with E-state index in [1.165, 1.54) is 77.0 Å². The Bertz CT molecular complexity index is 2450. The monoisotopic (exact) mass is 1050 g/mol. The van der Waals surface area contributed by atoms with Crippen LogP contribution in [0.1, 0.15) is 195 Å². The number of unbranched alkanes of at least 4 members (excludes halogenated alkanes) is 15. The Labute approximate surface area is 451 Å². The van der Waals surface area contributed by atoms with Crippen LogP contribution in [0.3, 0.4) is 0 Å². The third-order valence-electron chi connectivity index (χ3n) is 15.2. The van der Waals surface area contributed by atoms with E-state index in [1.807, 2.05) is 74.2 Å². The average molecular weight is 1050 g/mol. The minimum absolute atomic E-state index is 0.0486. The summed E-state index contributed by atoms with van der Waals surface area (Å²) < 4.78 is 47.2. The highest BCUT2D eigenvalue weighted by molar-refractivity contribution is 7.86. The van der Waals surface area contributed by atoms with Crippen molar-refractivity contribution in [1.82, 2.24) is 9.97 Å². The molecule has 1 amide bonds. The van der Waals surface area contributed by atoms with E-state index in [4.69, 9.17) is 23.4 Å². The molecular weight excluding hydrogens is 961 g/mol. The normalized spacial score (nSPS) is 14.7. The van der Waals surface area contributed by atoms with Crippen LogP contribution in [0.2, 0.25) is 0 Å². The van der Waals surface area contributed by atoms with Crippen LogP contribution in [0.5, 0.6) is 11.6 Å². The number of pyridine rings is 2. The number of carbonyl (C=O) groups excluding carboxylic acids is 2. The summed E-state index contributed by atoms with van der Waals surface area (Å²) in [5, 5.41) is 0. The number of rotatable bonds is 35. The number of ether oxygens (including phenoxy) is 3. The molecule has 4 aromatic rings. The Morgan fingerprint density at radius 3 is 2.00 bits per heavy atom. The van der Waals surface area contributed by atoms with Crippen LogP contribution in [0.25, 0.3) is 0 Å². The molecule has 2 aromatic heterocycles. The first-order chi connectivity index (χ1) is 36.2. The number of esters is 1. The maximum atomic E-state index is 15.0. The highest BCUT2D eigenvalue weighted by Gasteiger charge is 2.35. The van der Waals surface area contributed by atoms with Crippen LogP contribution < -0.4 is 19.3 Å². The molecule has 1 atom stereocenters. The zero-order valence-electron chi connectivity index (χ0n) is 46.5. The molecule has 2 fully saturated rings. The molecule has 0 spiro atoms. The third kappa shape index (κ3) is 20.1. The molecular formula is C62H90N4O8S. The van der Waals surface area contributed by atoms with Gasteiger partial charge in [0.1, 0.15) is 11.6 Å². The maximum absolute atomic E-state index is 15.0. The number of anilines is 2. The third-order valence-corrected chi connectivity index (χ3v) is 16.5. The van der Waals surface area contributed by atoms with Crippen LogP contribution in [0.15, 0.2) is 83.9 Å². The number of aryl methyl sites for hydroxylation is 2. The van der Waals surface area contributed by atoms with Gasteiger partial charge in [-0.1, -0.05) is 134 Å². The molecule has 75 heavy (non-hydrogen) atoms. The van der Waals surface area contributed by atoms with Crippen LogP contribution >= 0.6 is 0 Å². The van der Waals surface area contributed by atoms with Gasteiger partial charge in [-0.2, -0.15) is 8.42 Å². The fourth-order valence-electron chi connectivity index (χ4n) is 10.5. The van der Waals surface area contributed by atoms with E-state index in [0.717, 1.165) is 99.1 Å². The van der Waals surface area contributed by atoms with Gasteiger partial charge in [0.05, 0.1) is 49.5 Å². The van der Waals surface area contributed by atoms with Crippen molar-refractivity contribution < 1.29 is 36.4 Å². The molecule has 1 aliphatic carbocycles. The fraction of sp³-hybridized carbons (Fsp3) is 0.613. The number of piperidine rings is 1.